The lowest BCUT2D eigenvalue weighted by Gasteiger charge is -2.16. The van der Waals surface area contributed by atoms with Crippen LogP contribution in [0, 0.1) is 0 Å². The lowest BCUT2D eigenvalue weighted by atomic mass is 9.90. The van der Waals surface area contributed by atoms with E-state index in [0.717, 1.165) is 65.8 Å². The van der Waals surface area contributed by atoms with Crippen LogP contribution in [0.1, 0.15) is 0 Å². The highest BCUT2D eigenvalue weighted by Gasteiger charge is 2.20. The molecule has 0 aliphatic carbocycles. The molecule has 11 aromatic rings. The molecule has 2 heterocycles. The Labute approximate surface area is 311 Å². The summed E-state index contributed by atoms with van der Waals surface area (Å²) in [5.41, 5.74) is 5.73. The zero-order valence-corrected chi connectivity index (χ0v) is 29.1. The number of nitrogens with zero attached hydrogens (tertiary/aromatic N) is 4. The molecule has 0 spiro atoms. The summed E-state index contributed by atoms with van der Waals surface area (Å²) in [5.74, 6) is 1.88. The summed E-state index contributed by atoms with van der Waals surface area (Å²) in [6.45, 7) is 0. The largest absolute Gasteiger partial charge is 0.247 e. The third kappa shape index (κ3) is 4.78. The van der Waals surface area contributed by atoms with Gasteiger partial charge in [0.25, 0.3) is 0 Å². The summed E-state index contributed by atoms with van der Waals surface area (Å²) in [6.07, 6.45) is 0. The summed E-state index contributed by atoms with van der Waals surface area (Å²) in [7, 11) is 0. The number of hydrogen-bond acceptors (Lipinski definition) is 4. The summed E-state index contributed by atoms with van der Waals surface area (Å²) in [4.78, 5) is 21.0. The molecule has 0 unspecified atom stereocenters. The van der Waals surface area contributed by atoms with E-state index >= 15 is 0 Å². The smallest absolute Gasteiger partial charge is 0.164 e. The van der Waals surface area contributed by atoms with E-state index in [1.165, 1.54) is 26.9 Å². The minimum atomic E-state index is 0.609. The standard InChI is InChI=1S/C50H30N4/c1-3-20-35-31(14-1)16-12-27-41(35)49-52-48(53-50(54-49)42-28-13-17-32-15-2-4-21-36(32)42)34-19-11-18-33(30-34)47-46-40-25-8-6-23-38(40)37-22-5-7-24-39(37)45(46)43-26-9-10-29-44(43)51-47/h1-30H. The van der Waals surface area contributed by atoms with Crippen molar-refractivity contribution in [3.63, 3.8) is 0 Å². The summed E-state index contributed by atoms with van der Waals surface area (Å²) >= 11 is 0. The van der Waals surface area contributed by atoms with Crippen molar-refractivity contribution in [3.05, 3.63) is 182 Å². The van der Waals surface area contributed by atoms with Crippen LogP contribution < -0.4 is 0 Å². The molecule has 11 rings (SSSR count). The Balaban J connectivity index is 1.19. The van der Waals surface area contributed by atoms with Crippen LogP contribution in [-0.4, -0.2) is 19.9 Å². The van der Waals surface area contributed by atoms with E-state index < -0.39 is 0 Å². The van der Waals surface area contributed by atoms with Crippen LogP contribution in [0.15, 0.2) is 182 Å². The first-order valence-electron chi connectivity index (χ1n) is 18.2. The number of hydrogen-bond donors (Lipinski definition) is 0. The van der Waals surface area contributed by atoms with Gasteiger partial charge in [-0.3, -0.25) is 0 Å². The van der Waals surface area contributed by atoms with E-state index in [1.807, 2.05) is 0 Å². The van der Waals surface area contributed by atoms with Crippen LogP contribution in [0.2, 0.25) is 0 Å². The molecular formula is C50H30N4. The molecular weight excluding hydrogens is 657 g/mol. The molecule has 0 atom stereocenters. The van der Waals surface area contributed by atoms with Crippen molar-refractivity contribution in [3.8, 4) is 45.4 Å². The van der Waals surface area contributed by atoms with Gasteiger partial charge in [0, 0.05) is 38.4 Å². The number of benzene rings is 9. The first kappa shape index (κ1) is 30.3. The normalized spacial score (nSPS) is 11.7. The van der Waals surface area contributed by atoms with Gasteiger partial charge in [0.1, 0.15) is 0 Å². The molecule has 2 aromatic heterocycles. The van der Waals surface area contributed by atoms with Crippen molar-refractivity contribution < 1.29 is 0 Å². The number of pyridine rings is 1. The predicted octanol–water partition coefficient (Wildman–Crippen LogP) is 12.9. The van der Waals surface area contributed by atoms with Crippen LogP contribution in [0.5, 0.6) is 0 Å². The van der Waals surface area contributed by atoms with Gasteiger partial charge in [-0.1, -0.05) is 170 Å². The molecule has 9 aromatic carbocycles. The highest BCUT2D eigenvalue weighted by molar-refractivity contribution is 6.33. The zero-order chi connectivity index (χ0) is 35.6. The summed E-state index contributed by atoms with van der Waals surface area (Å²) in [6, 6.07) is 63.8. The molecule has 0 saturated heterocycles. The molecule has 0 aliphatic rings. The predicted molar refractivity (Wildman–Crippen MR) is 224 cm³/mol. The Bertz CT molecular complexity index is 3190. The van der Waals surface area contributed by atoms with Gasteiger partial charge in [0.15, 0.2) is 17.5 Å². The zero-order valence-electron chi connectivity index (χ0n) is 29.1. The van der Waals surface area contributed by atoms with Gasteiger partial charge in [-0.25, -0.2) is 19.9 Å². The van der Waals surface area contributed by atoms with Gasteiger partial charge in [-0.05, 0) is 55.2 Å². The minimum Gasteiger partial charge on any atom is -0.247 e. The molecule has 0 radical (unpaired) electrons. The average molecular weight is 687 g/mol. The molecule has 4 heteroatoms. The molecule has 0 N–H and O–H groups in total. The number of fused-ring (bicyclic) bond motifs is 10. The number of para-hydroxylation sites is 1. The van der Waals surface area contributed by atoms with Crippen molar-refractivity contribution >= 4 is 64.8 Å². The van der Waals surface area contributed by atoms with E-state index in [1.54, 1.807) is 0 Å². The second kappa shape index (κ2) is 12.1. The molecule has 54 heavy (non-hydrogen) atoms. The van der Waals surface area contributed by atoms with Gasteiger partial charge in [0.05, 0.1) is 11.2 Å². The average Bonchev–Trinajstić information content (AvgIpc) is 3.25. The first-order chi connectivity index (χ1) is 26.8. The van der Waals surface area contributed by atoms with Crippen molar-refractivity contribution in [1.82, 2.24) is 19.9 Å². The third-order valence-electron chi connectivity index (χ3n) is 10.7. The summed E-state index contributed by atoms with van der Waals surface area (Å²) < 4.78 is 0. The molecule has 0 amide bonds. The Morgan fingerprint density at radius 2 is 0.722 bits per heavy atom. The lowest BCUT2D eigenvalue weighted by Crippen LogP contribution is -2.01. The minimum absolute atomic E-state index is 0.609. The molecule has 0 fully saturated rings. The fourth-order valence-corrected chi connectivity index (χ4v) is 8.23. The maximum atomic E-state index is 5.41. The van der Waals surface area contributed by atoms with Gasteiger partial charge < -0.3 is 0 Å². The Kier molecular flexibility index (Phi) is 6.82. The SMILES string of the molecule is c1cc(-c2nc(-c3cccc4ccccc34)nc(-c3cccc4ccccc34)n2)cc(-c2nc3ccccc3c3c4ccccc4c4ccccc4c23)c1. The third-order valence-corrected chi connectivity index (χ3v) is 10.7. The number of rotatable bonds is 4. The fraction of sp³-hybridized carbons (Fsp3) is 0. The molecule has 0 saturated carbocycles. The van der Waals surface area contributed by atoms with Crippen LogP contribution in [0.3, 0.4) is 0 Å². The Morgan fingerprint density at radius 3 is 1.35 bits per heavy atom. The topological polar surface area (TPSA) is 51.6 Å². The summed E-state index contributed by atoms with van der Waals surface area (Å²) in [5, 5.41) is 12.8. The van der Waals surface area contributed by atoms with Crippen molar-refractivity contribution in [1.29, 1.82) is 0 Å². The van der Waals surface area contributed by atoms with Crippen LogP contribution in [0.4, 0.5) is 0 Å². The second-order valence-electron chi connectivity index (χ2n) is 13.8. The second-order valence-corrected chi connectivity index (χ2v) is 13.8. The molecule has 0 aliphatic heterocycles. The molecule has 250 valence electrons. The Morgan fingerprint density at radius 1 is 0.278 bits per heavy atom. The Hall–Kier alpha value is -7.30. The fourth-order valence-electron chi connectivity index (χ4n) is 8.23. The van der Waals surface area contributed by atoms with Crippen LogP contribution in [0.25, 0.3) is 110 Å². The maximum absolute atomic E-state index is 5.41. The molecule has 4 nitrogen and oxygen atoms in total. The molecule has 0 bridgehead atoms. The van der Waals surface area contributed by atoms with Gasteiger partial charge in [0.2, 0.25) is 0 Å². The van der Waals surface area contributed by atoms with Crippen LogP contribution in [-0.2, 0) is 0 Å². The lowest BCUT2D eigenvalue weighted by molar-refractivity contribution is 1.08. The van der Waals surface area contributed by atoms with Crippen molar-refractivity contribution in [2.24, 2.45) is 0 Å². The van der Waals surface area contributed by atoms with E-state index in [2.05, 4.69) is 182 Å². The monoisotopic (exact) mass is 686 g/mol. The first-order valence-corrected chi connectivity index (χ1v) is 18.2. The van der Waals surface area contributed by atoms with Crippen molar-refractivity contribution in [2.75, 3.05) is 0 Å². The van der Waals surface area contributed by atoms with E-state index in [-0.39, 0.29) is 0 Å². The van der Waals surface area contributed by atoms with Crippen LogP contribution >= 0.6 is 0 Å². The quantitative estimate of drug-likeness (QED) is 0.173. The van der Waals surface area contributed by atoms with Crippen molar-refractivity contribution in [2.45, 2.75) is 0 Å². The van der Waals surface area contributed by atoms with Gasteiger partial charge >= 0.3 is 0 Å². The highest BCUT2D eigenvalue weighted by atomic mass is 15.0. The van der Waals surface area contributed by atoms with E-state index in [4.69, 9.17) is 19.9 Å². The van der Waals surface area contributed by atoms with Gasteiger partial charge in [-0.15, -0.1) is 0 Å². The van der Waals surface area contributed by atoms with Gasteiger partial charge in [-0.2, -0.15) is 0 Å². The van der Waals surface area contributed by atoms with E-state index in [0.29, 0.717) is 17.5 Å². The van der Waals surface area contributed by atoms with E-state index in [9.17, 15) is 0 Å². The highest BCUT2D eigenvalue weighted by Crippen LogP contribution is 2.43. The maximum Gasteiger partial charge on any atom is 0.164 e. The number of aromatic nitrogens is 4.